The second-order valence-corrected chi connectivity index (χ2v) is 6.87. The number of hydrogen-bond donors (Lipinski definition) is 0. The molecule has 0 saturated carbocycles. The first-order chi connectivity index (χ1) is 9.86. The summed E-state index contributed by atoms with van der Waals surface area (Å²) in [6, 6.07) is 5.07. The van der Waals surface area contributed by atoms with Crippen molar-refractivity contribution in [2.75, 3.05) is 18.9 Å². The van der Waals surface area contributed by atoms with Crippen LogP contribution >= 0.6 is 0 Å². The second kappa shape index (κ2) is 8.09. The van der Waals surface area contributed by atoms with Crippen molar-refractivity contribution in [2.45, 2.75) is 33.2 Å². The summed E-state index contributed by atoms with van der Waals surface area (Å²) in [6.07, 6.45) is 1.94. The Balaban J connectivity index is 2.73. The molecular weight excluding hydrogens is 292 g/mol. The average molecular weight is 314 g/mol. The van der Waals surface area contributed by atoms with E-state index in [1.807, 2.05) is 6.07 Å². The van der Waals surface area contributed by atoms with Gasteiger partial charge >= 0.3 is 5.97 Å². The maximum absolute atomic E-state index is 12.4. The first kappa shape index (κ1) is 17.6. The van der Waals surface area contributed by atoms with Gasteiger partial charge in [0.05, 0.1) is 12.4 Å². The maximum atomic E-state index is 12.4. The molecule has 0 N–H and O–H groups in total. The van der Waals surface area contributed by atoms with E-state index in [1.54, 1.807) is 39.1 Å². The van der Waals surface area contributed by atoms with E-state index in [2.05, 4.69) is 4.98 Å². The van der Waals surface area contributed by atoms with Crippen molar-refractivity contribution in [3.63, 3.8) is 0 Å². The summed E-state index contributed by atoms with van der Waals surface area (Å²) in [4.78, 5) is 15.6. The van der Waals surface area contributed by atoms with Gasteiger partial charge in [0.2, 0.25) is 10.0 Å². The van der Waals surface area contributed by atoms with Crippen LogP contribution in [0.4, 0.5) is 0 Å². The lowest BCUT2D eigenvalue weighted by Crippen LogP contribution is -2.42. The second-order valence-electron chi connectivity index (χ2n) is 4.83. The van der Waals surface area contributed by atoms with Crippen LogP contribution in [-0.2, 0) is 26.0 Å². The largest absolute Gasteiger partial charge is 0.465 e. The van der Waals surface area contributed by atoms with E-state index in [-0.39, 0.29) is 24.9 Å². The van der Waals surface area contributed by atoms with Gasteiger partial charge in [-0.25, -0.2) is 8.42 Å². The molecule has 0 aliphatic rings. The predicted molar refractivity (Wildman–Crippen MR) is 80.2 cm³/mol. The summed E-state index contributed by atoms with van der Waals surface area (Å²) in [7, 11) is -3.54. The summed E-state index contributed by atoms with van der Waals surface area (Å²) in [5, 5.41) is 0. The van der Waals surface area contributed by atoms with Gasteiger partial charge in [-0.2, -0.15) is 4.31 Å². The molecule has 1 aromatic heterocycles. The van der Waals surface area contributed by atoms with Gasteiger partial charge in [-0.05, 0) is 32.9 Å². The monoisotopic (exact) mass is 314 g/mol. The smallest absolute Gasteiger partial charge is 0.321 e. The van der Waals surface area contributed by atoms with Crippen molar-refractivity contribution in [3.8, 4) is 0 Å². The lowest BCUT2D eigenvalue weighted by molar-refractivity contribution is -0.143. The van der Waals surface area contributed by atoms with E-state index in [4.69, 9.17) is 4.74 Å². The Morgan fingerprint density at radius 1 is 1.38 bits per heavy atom. The molecule has 0 radical (unpaired) electrons. The van der Waals surface area contributed by atoms with E-state index in [0.29, 0.717) is 12.1 Å². The minimum atomic E-state index is -3.54. The number of sulfonamides is 1. The number of carbonyl (C=O) groups is 1. The molecule has 0 amide bonds. The van der Waals surface area contributed by atoms with Crippen LogP contribution in [0.2, 0.25) is 0 Å². The molecule has 0 aliphatic heterocycles. The van der Waals surface area contributed by atoms with Crippen LogP contribution in [0.15, 0.2) is 24.4 Å². The number of nitrogens with zero attached hydrogens (tertiary/aromatic N) is 2. The van der Waals surface area contributed by atoms with Gasteiger partial charge in [-0.1, -0.05) is 6.07 Å². The van der Waals surface area contributed by atoms with Crippen molar-refractivity contribution >= 4 is 16.0 Å². The Hall–Kier alpha value is -1.47. The molecule has 7 heteroatoms. The third-order valence-corrected chi connectivity index (χ3v) is 4.85. The zero-order valence-electron chi connectivity index (χ0n) is 12.7. The summed E-state index contributed by atoms with van der Waals surface area (Å²) in [6.45, 7) is 5.14. The van der Waals surface area contributed by atoms with Crippen LogP contribution in [0.25, 0.3) is 0 Å². The Morgan fingerprint density at radius 2 is 2.10 bits per heavy atom. The quantitative estimate of drug-likeness (QED) is 0.675. The van der Waals surface area contributed by atoms with Crippen molar-refractivity contribution in [3.05, 3.63) is 30.1 Å². The molecule has 21 heavy (non-hydrogen) atoms. The van der Waals surface area contributed by atoms with Crippen LogP contribution in [0.5, 0.6) is 0 Å². The predicted octanol–water partition coefficient (Wildman–Crippen LogP) is 1.23. The lowest BCUT2D eigenvalue weighted by Gasteiger charge is -2.24. The zero-order valence-corrected chi connectivity index (χ0v) is 13.5. The van der Waals surface area contributed by atoms with Gasteiger partial charge < -0.3 is 4.74 Å². The minimum absolute atomic E-state index is 0.0817. The van der Waals surface area contributed by atoms with Gasteiger partial charge in [0.15, 0.2) is 0 Å². The Morgan fingerprint density at radius 3 is 2.62 bits per heavy atom. The number of rotatable bonds is 8. The minimum Gasteiger partial charge on any atom is -0.465 e. The normalized spacial score (nSPS) is 11.9. The zero-order chi connectivity index (χ0) is 15.9. The highest BCUT2D eigenvalue weighted by Gasteiger charge is 2.27. The molecule has 6 nitrogen and oxygen atoms in total. The van der Waals surface area contributed by atoms with E-state index < -0.39 is 16.0 Å². The number of aromatic nitrogens is 1. The molecule has 0 unspecified atom stereocenters. The molecule has 1 rings (SSSR count). The van der Waals surface area contributed by atoms with E-state index in [0.717, 1.165) is 0 Å². The Labute approximate surface area is 126 Å². The highest BCUT2D eigenvalue weighted by atomic mass is 32.2. The number of hydrogen-bond acceptors (Lipinski definition) is 5. The highest BCUT2D eigenvalue weighted by molar-refractivity contribution is 7.89. The molecule has 0 aliphatic carbocycles. The molecule has 0 bridgehead atoms. The average Bonchev–Trinajstić information content (AvgIpc) is 2.44. The molecule has 0 spiro atoms. The topological polar surface area (TPSA) is 76.6 Å². The van der Waals surface area contributed by atoms with E-state index in [9.17, 15) is 13.2 Å². The summed E-state index contributed by atoms with van der Waals surface area (Å²) < 4.78 is 30.7. The first-order valence-corrected chi connectivity index (χ1v) is 8.52. The molecule has 118 valence electrons. The van der Waals surface area contributed by atoms with E-state index in [1.165, 1.54) is 4.31 Å². The van der Waals surface area contributed by atoms with E-state index >= 15 is 0 Å². The van der Waals surface area contributed by atoms with Crippen LogP contribution in [-0.4, -0.2) is 48.6 Å². The molecule has 1 aromatic rings. The SMILES string of the molecule is CCOC(=O)CN(C(C)C)S(=O)(=O)CCc1ccccn1. The van der Waals surface area contributed by atoms with Crippen LogP contribution < -0.4 is 0 Å². The number of ether oxygens (including phenoxy) is 1. The molecule has 0 fully saturated rings. The Bertz CT molecular complexity index is 543. The Kier molecular flexibility index (Phi) is 6.77. The number of carbonyl (C=O) groups excluding carboxylic acids is 1. The van der Waals surface area contributed by atoms with Crippen LogP contribution in [0.3, 0.4) is 0 Å². The highest BCUT2D eigenvalue weighted by Crippen LogP contribution is 2.10. The molecular formula is C14H22N2O4S. The molecule has 0 saturated heterocycles. The van der Waals surface area contributed by atoms with Gasteiger partial charge in [0, 0.05) is 24.4 Å². The summed E-state index contributed by atoms with van der Waals surface area (Å²) in [5.41, 5.74) is 0.709. The maximum Gasteiger partial charge on any atom is 0.321 e. The number of pyridine rings is 1. The first-order valence-electron chi connectivity index (χ1n) is 6.92. The van der Waals surface area contributed by atoms with Crippen LogP contribution in [0, 0.1) is 0 Å². The van der Waals surface area contributed by atoms with Crippen LogP contribution in [0.1, 0.15) is 26.5 Å². The summed E-state index contributed by atoms with van der Waals surface area (Å²) in [5.74, 6) is -0.616. The third kappa shape index (κ3) is 5.81. The summed E-state index contributed by atoms with van der Waals surface area (Å²) >= 11 is 0. The number of esters is 1. The standard InChI is InChI=1S/C14H22N2O4S/c1-4-20-14(17)11-16(12(2)3)21(18,19)10-8-13-7-5-6-9-15-13/h5-7,9,12H,4,8,10-11H2,1-3H3. The molecule has 0 atom stereocenters. The van der Waals surface area contributed by atoms with Gasteiger partial charge in [0.1, 0.15) is 6.54 Å². The van der Waals surface area contributed by atoms with Crippen molar-refractivity contribution in [2.24, 2.45) is 0 Å². The molecule has 0 aromatic carbocycles. The van der Waals surface area contributed by atoms with Crippen molar-refractivity contribution in [1.29, 1.82) is 0 Å². The van der Waals surface area contributed by atoms with Gasteiger partial charge in [-0.3, -0.25) is 9.78 Å². The molecule has 1 heterocycles. The van der Waals surface area contributed by atoms with Crippen molar-refractivity contribution < 1.29 is 17.9 Å². The lowest BCUT2D eigenvalue weighted by atomic mass is 10.3. The van der Waals surface area contributed by atoms with Gasteiger partial charge in [0.25, 0.3) is 0 Å². The fraction of sp³-hybridized carbons (Fsp3) is 0.571. The third-order valence-electron chi connectivity index (χ3n) is 2.87. The van der Waals surface area contributed by atoms with Gasteiger partial charge in [-0.15, -0.1) is 0 Å². The number of aryl methyl sites for hydroxylation is 1. The fourth-order valence-electron chi connectivity index (χ4n) is 1.83. The van der Waals surface area contributed by atoms with Crippen molar-refractivity contribution in [1.82, 2.24) is 9.29 Å². The fourth-order valence-corrected chi connectivity index (χ4v) is 3.48.